The highest BCUT2D eigenvalue weighted by molar-refractivity contribution is 5.86. The first-order valence-corrected chi connectivity index (χ1v) is 8.18. The maximum absolute atomic E-state index is 12.4. The Morgan fingerprint density at radius 2 is 1.75 bits per heavy atom. The normalized spacial score (nSPS) is 20.1. The van der Waals surface area contributed by atoms with Crippen LogP contribution in [0.1, 0.15) is 58.8 Å². The number of nitrogens with two attached hydrogens (primary N) is 1. The van der Waals surface area contributed by atoms with Crippen molar-refractivity contribution in [3.05, 3.63) is 0 Å². The molecule has 0 spiro atoms. The maximum atomic E-state index is 12.4. The lowest BCUT2D eigenvalue weighted by molar-refractivity contribution is -0.127. The van der Waals surface area contributed by atoms with Crippen LogP contribution in [0, 0.1) is 5.92 Å². The molecule has 1 rings (SSSR count). The lowest BCUT2D eigenvalue weighted by Crippen LogP contribution is -2.57. The zero-order chi connectivity index (χ0) is 15.2. The van der Waals surface area contributed by atoms with E-state index >= 15 is 0 Å². The van der Waals surface area contributed by atoms with Crippen LogP contribution in [-0.2, 0) is 4.79 Å². The average molecular weight is 283 g/mol. The molecule has 0 aromatic rings. The summed E-state index contributed by atoms with van der Waals surface area (Å²) in [5, 5.41) is 3.12. The standard InChI is InChI=1S/C16H33N3O/c1-5-13(6-2)14(19(3)4)12-18-15(20)16(17)10-8-7-9-11-16/h13-14H,5-12,17H2,1-4H3,(H,18,20). The molecule has 1 amide bonds. The van der Waals surface area contributed by atoms with Gasteiger partial charge in [0.25, 0.3) is 0 Å². The zero-order valence-corrected chi connectivity index (χ0v) is 13.7. The van der Waals surface area contributed by atoms with Gasteiger partial charge in [-0.15, -0.1) is 0 Å². The van der Waals surface area contributed by atoms with Gasteiger partial charge in [0.05, 0.1) is 5.54 Å². The van der Waals surface area contributed by atoms with Gasteiger partial charge in [0, 0.05) is 12.6 Å². The minimum Gasteiger partial charge on any atom is -0.353 e. The van der Waals surface area contributed by atoms with Crippen LogP contribution in [0.5, 0.6) is 0 Å². The predicted molar refractivity (Wildman–Crippen MR) is 84.6 cm³/mol. The summed E-state index contributed by atoms with van der Waals surface area (Å²) in [4.78, 5) is 14.6. The molecule has 0 radical (unpaired) electrons. The van der Waals surface area contributed by atoms with Crippen molar-refractivity contribution >= 4 is 5.91 Å². The number of nitrogens with one attached hydrogen (secondary N) is 1. The first-order valence-electron chi connectivity index (χ1n) is 8.18. The van der Waals surface area contributed by atoms with Crippen LogP contribution in [0.4, 0.5) is 0 Å². The molecule has 0 bridgehead atoms. The van der Waals surface area contributed by atoms with Crippen LogP contribution < -0.4 is 11.1 Å². The first kappa shape index (κ1) is 17.4. The van der Waals surface area contributed by atoms with E-state index < -0.39 is 5.54 Å². The van der Waals surface area contributed by atoms with E-state index in [1.807, 2.05) is 0 Å². The Morgan fingerprint density at radius 1 is 1.20 bits per heavy atom. The lowest BCUT2D eigenvalue weighted by Gasteiger charge is -2.35. The molecule has 1 aliphatic rings. The molecule has 1 unspecified atom stereocenters. The van der Waals surface area contributed by atoms with E-state index in [2.05, 4.69) is 38.2 Å². The first-order chi connectivity index (χ1) is 9.44. The number of rotatable bonds is 7. The molecular formula is C16H33N3O. The number of carbonyl (C=O) groups excluding carboxylic acids is 1. The van der Waals surface area contributed by atoms with Crippen LogP contribution in [0.3, 0.4) is 0 Å². The van der Waals surface area contributed by atoms with Gasteiger partial charge < -0.3 is 16.0 Å². The van der Waals surface area contributed by atoms with Gasteiger partial charge in [-0.3, -0.25) is 4.79 Å². The molecule has 0 saturated heterocycles. The summed E-state index contributed by atoms with van der Waals surface area (Å²) in [5.74, 6) is 0.667. The van der Waals surface area contributed by atoms with Crippen LogP contribution in [0.2, 0.25) is 0 Å². The van der Waals surface area contributed by atoms with Crippen LogP contribution in [-0.4, -0.2) is 43.0 Å². The van der Waals surface area contributed by atoms with Gasteiger partial charge >= 0.3 is 0 Å². The molecule has 0 heterocycles. The largest absolute Gasteiger partial charge is 0.353 e. The zero-order valence-electron chi connectivity index (χ0n) is 13.7. The highest BCUT2D eigenvalue weighted by atomic mass is 16.2. The number of hydrogen-bond donors (Lipinski definition) is 2. The second-order valence-corrected chi connectivity index (χ2v) is 6.53. The van der Waals surface area contributed by atoms with E-state index in [4.69, 9.17) is 5.73 Å². The minimum atomic E-state index is -0.622. The number of amides is 1. The van der Waals surface area contributed by atoms with Crippen molar-refractivity contribution in [2.45, 2.75) is 70.4 Å². The Balaban J connectivity index is 2.56. The summed E-state index contributed by atoms with van der Waals surface area (Å²) >= 11 is 0. The van der Waals surface area contributed by atoms with Gasteiger partial charge in [0.2, 0.25) is 5.91 Å². The molecule has 1 aliphatic carbocycles. The van der Waals surface area contributed by atoms with E-state index in [9.17, 15) is 4.79 Å². The van der Waals surface area contributed by atoms with Gasteiger partial charge in [-0.25, -0.2) is 0 Å². The Kier molecular flexibility index (Phi) is 6.96. The Morgan fingerprint density at radius 3 is 2.20 bits per heavy atom. The molecule has 20 heavy (non-hydrogen) atoms. The summed E-state index contributed by atoms with van der Waals surface area (Å²) in [6.07, 6.45) is 7.31. The van der Waals surface area contributed by atoms with E-state index in [1.54, 1.807) is 0 Å². The smallest absolute Gasteiger partial charge is 0.240 e. The Bertz CT molecular complexity index is 294. The van der Waals surface area contributed by atoms with Gasteiger partial charge in [-0.05, 0) is 32.9 Å². The van der Waals surface area contributed by atoms with Gasteiger partial charge in [-0.1, -0.05) is 46.0 Å². The molecule has 0 aromatic heterocycles. The van der Waals surface area contributed by atoms with Crippen molar-refractivity contribution in [1.29, 1.82) is 0 Å². The number of likely N-dealkylation sites (N-methyl/N-ethyl adjacent to an activating group) is 1. The Labute approximate surface area is 124 Å². The third-order valence-corrected chi connectivity index (χ3v) is 4.93. The molecule has 3 N–H and O–H groups in total. The van der Waals surface area contributed by atoms with E-state index in [0.29, 0.717) is 18.5 Å². The quantitative estimate of drug-likeness (QED) is 0.752. The fourth-order valence-electron chi connectivity index (χ4n) is 3.39. The van der Waals surface area contributed by atoms with Crippen LogP contribution >= 0.6 is 0 Å². The second kappa shape index (κ2) is 7.99. The van der Waals surface area contributed by atoms with Crippen molar-refractivity contribution < 1.29 is 4.79 Å². The summed E-state index contributed by atoms with van der Waals surface area (Å²) in [6, 6.07) is 0.390. The predicted octanol–water partition coefficient (Wildman–Crippen LogP) is 2.13. The van der Waals surface area contributed by atoms with Crippen LogP contribution in [0.15, 0.2) is 0 Å². The molecule has 4 heteroatoms. The molecular weight excluding hydrogens is 250 g/mol. The van der Waals surface area contributed by atoms with E-state index in [-0.39, 0.29) is 5.91 Å². The molecule has 0 aromatic carbocycles. The molecule has 1 saturated carbocycles. The molecule has 0 aliphatic heterocycles. The number of carbonyl (C=O) groups is 1. The van der Waals surface area contributed by atoms with E-state index in [0.717, 1.165) is 38.5 Å². The fraction of sp³-hybridized carbons (Fsp3) is 0.938. The monoisotopic (exact) mass is 283 g/mol. The summed E-state index contributed by atoms with van der Waals surface area (Å²) < 4.78 is 0. The summed E-state index contributed by atoms with van der Waals surface area (Å²) in [5.41, 5.74) is 5.66. The SMILES string of the molecule is CCC(CC)C(CNC(=O)C1(N)CCCCC1)N(C)C. The minimum absolute atomic E-state index is 0.0509. The van der Waals surface area contributed by atoms with Gasteiger partial charge in [0.1, 0.15) is 0 Å². The van der Waals surface area contributed by atoms with Gasteiger partial charge in [0.15, 0.2) is 0 Å². The van der Waals surface area contributed by atoms with E-state index in [1.165, 1.54) is 6.42 Å². The summed E-state index contributed by atoms with van der Waals surface area (Å²) in [7, 11) is 4.18. The average Bonchev–Trinajstić information content (AvgIpc) is 2.43. The van der Waals surface area contributed by atoms with Crippen LogP contribution in [0.25, 0.3) is 0 Å². The van der Waals surface area contributed by atoms with Gasteiger partial charge in [-0.2, -0.15) is 0 Å². The van der Waals surface area contributed by atoms with Crippen molar-refractivity contribution in [3.8, 4) is 0 Å². The lowest BCUT2D eigenvalue weighted by atomic mass is 9.81. The van der Waals surface area contributed by atoms with Crippen molar-refractivity contribution in [2.24, 2.45) is 11.7 Å². The molecule has 1 atom stereocenters. The van der Waals surface area contributed by atoms with Crippen molar-refractivity contribution in [1.82, 2.24) is 10.2 Å². The van der Waals surface area contributed by atoms with Crippen molar-refractivity contribution in [3.63, 3.8) is 0 Å². The molecule has 118 valence electrons. The second-order valence-electron chi connectivity index (χ2n) is 6.53. The van der Waals surface area contributed by atoms with Crippen molar-refractivity contribution in [2.75, 3.05) is 20.6 Å². The molecule has 4 nitrogen and oxygen atoms in total. The maximum Gasteiger partial charge on any atom is 0.240 e. The third-order valence-electron chi connectivity index (χ3n) is 4.93. The topological polar surface area (TPSA) is 58.4 Å². The number of nitrogens with zero attached hydrogens (tertiary/aromatic N) is 1. The Hall–Kier alpha value is -0.610. The number of hydrogen-bond acceptors (Lipinski definition) is 3. The third kappa shape index (κ3) is 4.45. The summed E-state index contributed by atoms with van der Waals surface area (Å²) in [6.45, 7) is 5.15. The highest BCUT2D eigenvalue weighted by Crippen LogP contribution is 2.26. The highest BCUT2D eigenvalue weighted by Gasteiger charge is 2.35. The fourth-order valence-corrected chi connectivity index (χ4v) is 3.39. The molecule has 1 fully saturated rings.